The van der Waals surface area contributed by atoms with Gasteiger partial charge in [-0.1, -0.05) is 30.0 Å². The Morgan fingerprint density at radius 2 is 1.65 bits per heavy atom. The van der Waals surface area contributed by atoms with E-state index in [0.29, 0.717) is 13.1 Å². The number of anilines is 1. The van der Waals surface area contributed by atoms with E-state index in [1.807, 2.05) is 35.2 Å². The fourth-order valence-corrected chi connectivity index (χ4v) is 3.38. The lowest BCUT2D eigenvalue weighted by Gasteiger charge is -2.20. The highest BCUT2D eigenvalue weighted by molar-refractivity contribution is 7.59. The Balaban J connectivity index is 2.88. The molecule has 0 atom stereocenters. The summed E-state index contributed by atoms with van der Waals surface area (Å²) in [6.07, 6.45) is 4.95. The van der Waals surface area contributed by atoms with E-state index in [0.717, 1.165) is 5.69 Å². The SMILES string of the molecule is C#CCN(CC#CP(=O)(OC(C)C)OC(C)C)c1ccccc1. The Labute approximate surface area is 139 Å². The fraction of sp³-hybridized carbons (Fsp3) is 0.444. The lowest BCUT2D eigenvalue weighted by Crippen LogP contribution is -2.23. The summed E-state index contributed by atoms with van der Waals surface area (Å²) in [6, 6.07) is 9.70. The third-order valence-electron chi connectivity index (χ3n) is 2.59. The molecule has 0 aliphatic carbocycles. The molecule has 1 aromatic rings. The number of hydrogen-bond donors (Lipinski definition) is 0. The smallest absolute Gasteiger partial charge is 0.349 e. The molecular weight excluding hydrogens is 309 g/mol. The highest BCUT2D eigenvalue weighted by Gasteiger charge is 2.25. The average Bonchev–Trinajstić information content (AvgIpc) is 2.45. The Bertz CT molecular complexity index is 609. The molecule has 4 nitrogen and oxygen atoms in total. The van der Waals surface area contributed by atoms with Crippen LogP contribution < -0.4 is 4.90 Å². The van der Waals surface area contributed by atoms with Crippen LogP contribution in [0, 0.1) is 23.9 Å². The van der Waals surface area contributed by atoms with Crippen molar-refractivity contribution in [3.63, 3.8) is 0 Å². The van der Waals surface area contributed by atoms with Crippen LogP contribution >= 0.6 is 7.60 Å². The van der Waals surface area contributed by atoms with Gasteiger partial charge in [0.15, 0.2) is 0 Å². The Kier molecular flexibility index (Phi) is 7.93. The molecule has 0 aromatic heterocycles. The molecule has 5 heteroatoms. The first-order valence-electron chi connectivity index (χ1n) is 7.56. The van der Waals surface area contributed by atoms with Gasteiger partial charge in [-0.05, 0) is 39.8 Å². The number of rotatable bonds is 7. The third-order valence-corrected chi connectivity index (χ3v) is 4.42. The van der Waals surface area contributed by atoms with E-state index in [4.69, 9.17) is 15.5 Å². The number of benzene rings is 1. The Hall–Kier alpha value is -1.71. The van der Waals surface area contributed by atoms with Gasteiger partial charge >= 0.3 is 7.60 Å². The minimum Gasteiger partial charge on any atom is -0.349 e. The van der Waals surface area contributed by atoms with Crippen LogP contribution in [-0.2, 0) is 13.6 Å². The molecule has 0 aliphatic rings. The van der Waals surface area contributed by atoms with Crippen LogP contribution in [0.5, 0.6) is 0 Å². The molecular formula is C18H24NO3P. The molecule has 0 bridgehead atoms. The van der Waals surface area contributed by atoms with E-state index < -0.39 is 7.60 Å². The van der Waals surface area contributed by atoms with Crippen LogP contribution in [0.15, 0.2) is 30.3 Å². The van der Waals surface area contributed by atoms with Gasteiger partial charge in [-0.25, -0.2) is 4.57 Å². The van der Waals surface area contributed by atoms with Crippen LogP contribution in [0.3, 0.4) is 0 Å². The molecule has 0 unspecified atom stereocenters. The van der Waals surface area contributed by atoms with Crippen molar-refractivity contribution in [3.05, 3.63) is 30.3 Å². The topological polar surface area (TPSA) is 38.8 Å². The number of hydrogen-bond acceptors (Lipinski definition) is 4. The van der Waals surface area contributed by atoms with E-state index >= 15 is 0 Å². The summed E-state index contributed by atoms with van der Waals surface area (Å²) in [5.41, 5.74) is 3.63. The molecule has 0 fully saturated rings. The molecule has 0 N–H and O–H groups in total. The summed E-state index contributed by atoms with van der Waals surface area (Å²) in [4.78, 5) is 1.92. The van der Waals surface area contributed by atoms with Crippen molar-refractivity contribution in [1.82, 2.24) is 0 Å². The van der Waals surface area contributed by atoms with Crippen molar-refractivity contribution in [1.29, 1.82) is 0 Å². The van der Waals surface area contributed by atoms with Crippen molar-refractivity contribution in [2.75, 3.05) is 18.0 Å². The molecule has 0 saturated carbocycles. The van der Waals surface area contributed by atoms with Gasteiger partial charge < -0.3 is 4.90 Å². The number of para-hydroxylation sites is 1. The quantitative estimate of drug-likeness (QED) is 0.555. The lowest BCUT2D eigenvalue weighted by atomic mass is 10.3. The molecule has 0 radical (unpaired) electrons. The molecule has 124 valence electrons. The second kappa shape index (κ2) is 9.43. The van der Waals surface area contributed by atoms with Gasteiger partial charge in [-0.15, -0.1) is 6.42 Å². The van der Waals surface area contributed by atoms with Gasteiger partial charge in [-0.2, -0.15) is 0 Å². The fourth-order valence-electron chi connectivity index (χ4n) is 1.85. The van der Waals surface area contributed by atoms with Crippen LogP contribution in [0.1, 0.15) is 27.7 Å². The van der Waals surface area contributed by atoms with Gasteiger partial charge in [0, 0.05) is 11.3 Å². The van der Waals surface area contributed by atoms with Crippen molar-refractivity contribution < 1.29 is 13.6 Å². The summed E-state index contributed by atoms with van der Waals surface area (Å²) >= 11 is 0. The highest BCUT2D eigenvalue weighted by atomic mass is 31.2. The third kappa shape index (κ3) is 7.40. The van der Waals surface area contributed by atoms with Gasteiger partial charge in [0.25, 0.3) is 0 Å². The Morgan fingerprint density at radius 1 is 1.09 bits per heavy atom. The summed E-state index contributed by atoms with van der Waals surface area (Å²) in [5, 5.41) is 0. The zero-order valence-corrected chi connectivity index (χ0v) is 15.0. The van der Waals surface area contributed by atoms with E-state index in [1.54, 1.807) is 27.7 Å². The van der Waals surface area contributed by atoms with E-state index in [1.165, 1.54) is 0 Å². The van der Waals surface area contributed by atoms with Crippen molar-refractivity contribution in [2.45, 2.75) is 39.9 Å². The van der Waals surface area contributed by atoms with Gasteiger partial charge in [0.2, 0.25) is 0 Å². The highest BCUT2D eigenvalue weighted by Crippen LogP contribution is 2.49. The number of nitrogens with zero attached hydrogens (tertiary/aromatic N) is 1. The molecule has 23 heavy (non-hydrogen) atoms. The maximum Gasteiger partial charge on any atom is 0.406 e. The Morgan fingerprint density at radius 3 is 2.13 bits per heavy atom. The zero-order chi connectivity index (χ0) is 17.3. The zero-order valence-electron chi connectivity index (χ0n) is 14.2. The minimum atomic E-state index is -3.44. The molecule has 0 heterocycles. The number of terminal acetylenes is 1. The largest absolute Gasteiger partial charge is 0.406 e. The normalized spacial score (nSPS) is 11.0. The maximum absolute atomic E-state index is 12.6. The van der Waals surface area contributed by atoms with Crippen molar-refractivity contribution >= 4 is 13.3 Å². The first kappa shape index (κ1) is 19.3. The van der Waals surface area contributed by atoms with Crippen LogP contribution in [0.25, 0.3) is 0 Å². The lowest BCUT2D eigenvalue weighted by molar-refractivity contribution is 0.151. The molecule has 0 saturated heterocycles. The summed E-state index contributed by atoms with van der Waals surface area (Å²) < 4.78 is 23.4. The van der Waals surface area contributed by atoms with Gasteiger partial charge in [0.1, 0.15) is 0 Å². The summed E-state index contributed by atoms with van der Waals surface area (Å²) in [7, 11) is -3.44. The first-order valence-corrected chi connectivity index (χ1v) is 9.11. The monoisotopic (exact) mass is 333 g/mol. The van der Waals surface area contributed by atoms with Crippen molar-refractivity contribution in [2.24, 2.45) is 0 Å². The van der Waals surface area contributed by atoms with Crippen LogP contribution in [-0.4, -0.2) is 25.3 Å². The molecule has 0 spiro atoms. The predicted octanol–water partition coefficient (Wildman–Crippen LogP) is 4.13. The summed E-state index contributed by atoms with van der Waals surface area (Å²) in [6.45, 7) is 7.96. The maximum atomic E-state index is 12.6. The standard InChI is InChI=1S/C18H24NO3P/c1-6-13-19(18-11-8-7-9-12-18)14-10-15-23(20,21-16(2)3)22-17(4)5/h1,7-9,11-12,16-17H,13-14H2,2-5H3. The van der Waals surface area contributed by atoms with E-state index in [-0.39, 0.29) is 12.2 Å². The summed E-state index contributed by atoms with van der Waals surface area (Å²) in [5.74, 6) is 5.49. The van der Waals surface area contributed by atoms with Crippen LogP contribution in [0.4, 0.5) is 5.69 Å². The second-order valence-corrected chi connectivity index (χ2v) is 7.13. The predicted molar refractivity (Wildman–Crippen MR) is 95.3 cm³/mol. The van der Waals surface area contributed by atoms with E-state index in [9.17, 15) is 4.57 Å². The second-order valence-electron chi connectivity index (χ2n) is 5.49. The molecule has 1 rings (SSSR count). The van der Waals surface area contributed by atoms with Crippen LogP contribution in [0.2, 0.25) is 0 Å². The van der Waals surface area contributed by atoms with E-state index in [2.05, 4.69) is 17.5 Å². The molecule has 0 amide bonds. The average molecular weight is 333 g/mol. The molecule has 0 aliphatic heterocycles. The van der Waals surface area contributed by atoms with Gasteiger partial charge in [-0.3, -0.25) is 9.05 Å². The first-order chi connectivity index (χ1) is 10.9. The van der Waals surface area contributed by atoms with Gasteiger partial charge in [0.05, 0.1) is 25.3 Å². The molecule has 1 aromatic carbocycles. The minimum absolute atomic E-state index is 0.232. The van der Waals surface area contributed by atoms with Crippen molar-refractivity contribution in [3.8, 4) is 23.9 Å².